The molecule has 0 aromatic heterocycles. The number of hydrogen-bond donors (Lipinski definition) is 2. The van der Waals surface area contributed by atoms with Gasteiger partial charge in [-0.2, -0.15) is 0 Å². The Kier molecular flexibility index (Phi) is 3.31. The van der Waals surface area contributed by atoms with Gasteiger partial charge in [0, 0.05) is 0 Å². The standard InChI is InChI=1S/C8H22NO2P/c1-7(2)9(8(3)4)12(5,6,10)11/h7-8,10-11H,1-6H3. The van der Waals surface area contributed by atoms with Crippen molar-refractivity contribution in [2.45, 2.75) is 39.8 Å². The SMILES string of the molecule is CC(C)N(C(C)C)P(C)(C)(O)O. The van der Waals surface area contributed by atoms with Gasteiger partial charge in [0.25, 0.3) is 0 Å². The van der Waals surface area contributed by atoms with Crippen molar-refractivity contribution in [3.05, 3.63) is 0 Å². The van der Waals surface area contributed by atoms with Crippen molar-refractivity contribution >= 4 is 7.21 Å². The van der Waals surface area contributed by atoms with E-state index in [0.717, 1.165) is 0 Å². The van der Waals surface area contributed by atoms with E-state index in [1.807, 2.05) is 27.7 Å². The Balaban J connectivity index is 4.77. The Morgan fingerprint density at radius 2 is 1.17 bits per heavy atom. The number of hydrogen-bond acceptors (Lipinski definition) is 3. The monoisotopic (exact) mass is 195 g/mol. The zero-order valence-electron chi connectivity index (χ0n) is 8.94. The molecule has 76 valence electrons. The Labute approximate surface area is 75.5 Å². The van der Waals surface area contributed by atoms with Crippen LogP contribution in [-0.2, 0) is 0 Å². The van der Waals surface area contributed by atoms with E-state index in [9.17, 15) is 9.79 Å². The summed E-state index contributed by atoms with van der Waals surface area (Å²) in [5.41, 5.74) is 0. The third-order valence-electron chi connectivity index (χ3n) is 1.73. The van der Waals surface area contributed by atoms with Crippen LogP contribution in [0.15, 0.2) is 0 Å². The first-order valence-corrected chi connectivity index (χ1v) is 7.31. The summed E-state index contributed by atoms with van der Waals surface area (Å²) < 4.78 is 1.78. The molecule has 0 saturated heterocycles. The summed E-state index contributed by atoms with van der Waals surface area (Å²) in [4.78, 5) is 19.8. The fourth-order valence-electron chi connectivity index (χ4n) is 1.93. The van der Waals surface area contributed by atoms with E-state index >= 15 is 0 Å². The molecule has 0 aromatic carbocycles. The van der Waals surface area contributed by atoms with Crippen molar-refractivity contribution in [1.82, 2.24) is 4.67 Å². The summed E-state index contributed by atoms with van der Waals surface area (Å²) in [5, 5.41) is 0. The second kappa shape index (κ2) is 3.22. The molecule has 0 saturated carbocycles. The third kappa shape index (κ3) is 3.36. The maximum absolute atomic E-state index is 9.90. The molecule has 12 heavy (non-hydrogen) atoms. The van der Waals surface area contributed by atoms with Crippen LogP contribution in [-0.4, -0.2) is 39.9 Å². The minimum atomic E-state index is -3.54. The maximum atomic E-state index is 9.90. The van der Waals surface area contributed by atoms with E-state index in [1.165, 1.54) is 13.3 Å². The third-order valence-corrected chi connectivity index (χ3v) is 3.99. The molecule has 0 fully saturated rings. The van der Waals surface area contributed by atoms with Crippen LogP contribution in [0.25, 0.3) is 0 Å². The Morgan fingerprint density at radius 3 is 1.17 bits per heavy atom. The summed E-state index contributed by atoms with van der Waals surface area (Å²) in [7, 11) is -3.54. The van der Waals surface area contributed by atoms with Crippen molar-refractivity contribution in [2.75, 3.05) is 13.3 Å². The number of rotatable bonds is 3. The van der Waals surface area contributed by atoms with E-state index in [4.69, 9.17) is 0 Å². The molecule has 0 aromatic rings. The molecule has 0 unspecified atom stereocenters. The van der Waals surface area contributed by atoms with E-state index in [2.05, 4.69) is 0 Å². The zero-order valence-corrected chi connectivity index (χ0v) is 9.84. The van der Waals surface area contributed by atoms with Gasteiger partial charge in [-0.15, -0.1) is 0 Å². The van der Waals surface area contributed by atoms with Crippen molar-refractivity contribution < 1.29 is 9.79 Å². The molecule has 3 nitrogen and oxygen atoms in total. The molecule has 0 radical (unpaired) electrons. The van der Waals surface area contributed by atoms with Gasteiger partial charge in [0.1, 0.15) is 0 Å². The summed E-state index contributed by atoms with van der Waals surface area (Å²) in [5.74, 6) is 0. The molecule has 0 aliphatic heterocycles. The fraction of sp³-hybridized carbons (Fsp3) is 1.00. The topological polar surface area (TPSA) is 43.7 Å². The normalized spacial score (nSPS) is 17.1. The molecule has 0 aliphatic rings. The van der Waals surface area contributed by atoms with Crippen LogP contribution in [0.1, 0.15) is 27.7 Å². The van der Waals surface area contributed by atoms with Crippen LogP contribution in [0.2, 0.25) is 0 Å². The predicted octanol–water partition coefficient (Wildman–Crippen LogP) is 1.65. The second-order valence-electron chi connectivity index (χ2n) is 4.48. The second-order valence-corrected chi connectivity index (χ2v) is 8.78. The first kappa shape index (κ1) is 12.3. The summed E-state index contributed by atoms with van der Waals surface area (Å²) >= 11 is 0. The molecular formula is C8H22NO2P. The van der Waals surface area contributed by atoms with Gasteiger partial charge in [0.05, 0.1) is 0 Å². The van der Waals surface area contributed by atoms with Crippen LogP contribution in [0.5, 0.6) is 0 Å². The molecule has 0 spiro atoms. The Hall–Kier alpha value is 0.310. The van der Waals surface area contributed by atoms with Gasteiger partial charge in [-0.3, -0.25) is 0 Å². The fourth-order valence-corrected chi connectivity index (χ4v) is 4.61. The van der Waals surface area contributed by atoms with E-state index < -0.39 is 7.21 Å². The van der Waals surface area contributed by atoms with Gasteiger partial charge in [-0.25, -0.2) is 0 Å². The van der Waals surface area contributed by atoms with Crippen LogP contribution in [0, 0.1) is 0 Å². The van der Waals surface area contributed by atoms with Crippen molar-refractivity contribution in [2.24, 2.45) is 0 Å². The van der Waals surface area contributed by atoms with Crippen molar-refractivity contribution in [3.63, 3.8) is 0 Å². The zero-order chi connectivity index (χ0) is 10.2. The molecule has 0 amide bonds. The molecule has 0 bridgehead atoms. The van der Waals surface area contributed by atoms with E-state index in [-0.39, 0.29) is 12.1 Å². The molecule has 4 heteroatoms. The van der Waals surface area contributed by atoms with Gasteiger partial charge in [-0.05, 0) is 0 Å². The molecule has 0 heterocycles. The quantitative estimate of drug-likeness (QED) is 0.673. The summed E-state index contributed by atoms with van der Waals surface area (Å²) in [6, 6.07) is 0.320. The minimum absolute atomic E-state index is 0.160. The van der Waals surface area contributed by atoms with Gasteiger partial charge in [0.15, 0.2) is 0 Å². The molecule has 0 rings (SSSR count). The summed E-state index contributed by atoms with van der Waals surface area (Å²) in [6.07, 6.45) is 0. The van der Waals surface area contributed by atoms with Crippen LogP contribution in [0.3, 0.4) is 0 Å². The van der Waals surface area contributed by atoms with E-state index in [0.29, 0.717) is 0 Å². The van der Waals surface area contributed by atoms with Crippen molar-refractivity contribution in [3.8, 4) is 0 Å². The average molecular weight is 195 g/mol. The van der Waals surface area contributed by atoms with Gasteiger partial charge in [-0.1, -0.05) is 0 Å². The Bertz CT molecular complexity index is 143. The van der Waals surface area contributed by atoms with Crippen LogP contribution >= 0.6 is 7.21 Å². The van der Waals surface area contributed by atoms with E-state index in [1.54, 1.807) is 4.67 Å². The first-order valence-electron chi connectivity index (χ1n) is 4.32. The molecule has 0 atom stereocenters. The van der Waals surface area contributed by atoms with Crippen LogP contribution in [0.4, 0.5) is 0 Å². The van der Waals surface area contributed by atoms with Crippen LogP contribution < -0.4 is 0 Å². The number of nitrogens with zero attached hydrogens (tertiary/aromatic N) is 1. The summed E-state index contributed by atoms with van der Waals surface area (Å²) in [6.45, 7) is 11.0. The molecule has 0 aliphatic carbocycles. The average Bonchev–Trinajstić information content (AvgIpc) is 1.51. The first-order chi connectivity index (χ1) is 5.02. The van der Waals surface area contributed by atoms with Gasteiger partial charge in [0.2, 0.25) is 0 Å². The van der Waals surface area contributed by atoms with Gasteiger partial charge >= 0.3 is 74.8 Å². The Morgan fingerprint density at radius 1 is 0.917 bits per heavy atom. The molecular weight excluding hydrogens is 173 g/mol. The predicted molar refractivity (Wildman–Crippen MR) is 55.3 cm³/mol. The van der Waals surface area contributed by atoms with Gasteiger partial charge < -0.3 is 0 Å². The molecule has 2 N–H and O–H groups in total. The van der Waals surface area contributed by atoms with Crippen molar-refractivity contribution in [1.29, 1.82) is 0 Å².